The van der Waals surface area contributed by atoms with Gasteiger partial charge in [-0.3, -0.25) is 14.4 Å². The molecule has 2 heterocycles. The van der Waals surface area contributed by atoms with Crippen LogP contribution in [-0.2, 0) is 9.59 Å². The molecule has 0 saturated carbocycles. The van der Waals surface area contributed by atoms with Gasteiger partial charge in [-0.1, -0.05) is 0 Å². The number of carbonyl (C=O) groups is 3. The van der Waals surface area contributed by atoms with Gasteiger partial charge in [-0.2, -0.15) is 0 Å². The summed E-state index contributed by atoms with van der Waals surface area (Å²) >= 11 is 0. The number of anilines is 1. The molecular formula is C18H23N3O3. The van der Waals surface area contributed by atoms with Crippen LogP contribution in [0.2, 0.25) is 0 Å². The first-order valence-electron chi connectivity index (χ1n) is 8.61. The third-order valence-corrected chi connectivity index (χ3v) is 4.62. The Labute approximate surface area is 141 Å². The Morgan fingerprint density at radius 2 is 1.67 bits per heavy atom. The van der Waals surface area contributed by atoms with Crippen LogP contribution in [0.4, 0.5) is 5.69 Å². The largest absolute Gasteiger partial charge is 0.343 e. The first kappa shape index (κ1) is 16.5. The number of likely N-dealkylation sites (tertiary alicyclic amines) is 1. The van der Waals surface area contributed by atoms with Crippen LogP contribution < -0.4 is 10.2 Å². The van der Waals surface area contributed by atoms with Gasteiger partial charge in [0.1, 0.15) is 0 Å². The lowest BCUT2D eigenvalue weighted by molar-refractivity contribution is -0.131. The SMILES string of the molecule is O=C(NCC(=O)N1CCCCC1)c1ccc(N2CCCC2=O)cc1. The fraction of sp³-hybridized carbons (Fsp3) is 0.500. The molecule has 128 valence electrons. The van der Waals surface area contributed by atoms with Crippen LogP contribution in [0.3, 0.4) is 0 Å². The first-order valence-corrected chi connectivity index (χ1v) is 8.61. The van der Waals surface area contributed by atoms with Crippen LogP contribution in [0.5, 0.6) is 0 Å². The summed E-state index contributed by atoms with van der Waals surface area (Å²) in [7, 11) is 0. The Bertz CT molecular complexity index is 621. The summed E-state index contributed by atoms with van der Waals surface area (Å²) in [4.78, 5) is 39.5. The molecule has 24 heavy (non-hydrogen) atoms. The normalized spacial score (nSPS) is 17.9. The van der Waals surface area contributed by atoms with E-state index in [4.69, 9.17) is 0 Å². The second kappa shape index (κ2) is 7.47. The number of hydrogen-bond donors (Lipinski definition) is 1. The van der Waals surface area contributed by atoms with E-state index in [2.05, 4.69) is 5.32 Å². The molecular weight excluding hydrogens is 306 g/mol. The maximum Gasteiger partial charge on any atom is 0.251 e. The molecule has 0 radical (unpaired) electrons. The molecule has 3 amide bonds. The number of rotatable bonds is 4. The van der Waals surface area contributed by atoms with Crippen molar-refractivity contribution in [2.45, 2.75) is 32.1 Å². The highest BCUT2D eigenvalue weighted by atomic mass is 16.2. The van der Waals surface area contributed by atoms with Gasteiger partial charge in [0.25, 0.3) is 5.91 Å². The lowest BCUT2D eigenvalue weighted by Crippen LogP contribution is -2.42. The lowest BCUT2D eigenvalue weighted by Gasteiger charge is -2.26. The zero-order valence-corrected chi connectivity index (χ0v) is 13.8. The minimum Gasteiger partial charge on any atom is -0.343 e. The summed E-state index contributed by atoms with van der Waals surface area (Å²) in [5.41, 5.74) is 1.32. The predicted molar refractivity (Wildman–Crippen MR) is 90.8 cm³/mol. The smallest absolute Gasteiger partial charge is 0.251 e. The molecule has 6 nitrogen and oxygen atoms in total. The van der Waals surface area contributed by atoms with Gasteiger partial charge in [-0.05, 0) is 49.9 Å². The summed E-state index contributed by atoms with van der Waals surface area (Å²) < 4.78 is 0. The summed E-state index contributed by atoms with van der Waals surface area (Å²) in [6.45, 7) is 2.33. The molecule has 0 aliphatic carbocycles. The van der Waals surface area contributed by atoms with E-state index in [1.807, 2.05) is 4.90 Å². The summed E-state index contributed by atoms with van der Waals surface area (Å²) in [6, 6.07) is 6.96. The van der Waals surface area contributed by atoms with Crippen LogP contribution in [0.15, 0.2) is 24.3 Å². The number of nitrogens with zero attached hydrogens (tertiary/aromatic N) is 2. The molecule has 1 aromatic rings. The second-order valence-electron chi connectivity index (χ2n) is 6.32. The molecule has 0 bridgehead atoms. The van der Waals surface area contributed by atoms with E-state index in [-0.39, 0.29) is 24.3 Å². The Kier molecular flexibility index (Phi) is 5.13. The van der Waals surface area contributed by atoms with Crippen molar-refractivity contribution in [2.24, 2.45) is 0 Å². The number of carbonyl (C=O) groups excluding carboxylic acids is 3. The highest BCUT2D eigenvalue weighted by molar-refractivity contribution is 5.98. The van der Waals surface area contributed by atoms with E-state index >= 15 is 0 Å². The highest BCUT2D eigenvalue weighted by Gasteiger charge is 2.22. The van der Waals surface area contributed by atoms with Crippen LogP contribution >= 0.6 is 0 Å². The summed E-state index contributed by atoms with van der Waals surface area (Å²) in [5.74, 6) is -0.165. The van der Waals surface area contributed by atoms with Crippen molar-refractivity contribution in [1.29, 1.82) is 0 Å². The van der Waals surface area contributed by atoms with Crippen molar-refractivity contribution in [1.82, 2.24) is 10.2 Å². The Morgan fingerprint density at radius 3 is 2.29 bits per heavy atom. The van der Waals surface area contributed by atoms with E-state index < -0.39 is 0 Å². The average molecular weight is 329 g/mol. The van der Waals surface area contributed by atoms with Crippen molar-refractivity contribution >= 4 is 23.4 Å². The van der Waals surface area contributed by atoms with E-state index in [0.29, 0.717) is 12.0 Å². The average Bonchev–Trinajstić information content (AvgIpc) is 3.06. The first-order chi connectivity index (χ1) is 11.6. The number of amides is 3. The van der Waals surface area contributed by atoms with Gasteiger partial charge >= 0.3 is 0 Å². The predicted octanol–water partition coefficient (Wildman–Crippen LogP) is 1.56. The zero-order valence-electron chi connectivity index (χ0n) is 13.8. The topological polar surface area (TPSA) is 69.7 Å². The van der Waals surface area contributed by atoms with E-state index in [1.165, 1.54) is 6.42 Å². The van der Waals surface area contributed by atoms with Gasteiger partial charge in [0, 0.05) is 37.3 Å². The fourth-order valence-electron chi connectivity index (χ4n) is 3.23. The van der Waals surface area contributed by atoms with Crippen molar-refractivity contribution in [3.63, 3.8) is 0 Å². The third-order valence-electron chi connectivity index (χ3n) is 4.62. The molecule has 1 N–H and O–H groups in total. The lowest BCUT2D eigenvalue weighted by atomic mass is 10.1. The molecule has 2 fully saturated rings. The van der Waals surface area contributed by atoms with Gasteiger partial charge in [0.05, 0.1) is 6.54 Å². The number of piperidine rings is 1. The van der Waals surface area contributed by atoms with Gasteiger partial charge in [-0.15, -0.1) is 0 Å². The van der Waals surface area contributed by atoms with Crippen molar-refractivity contribution in [3.05, 3.63) is 29.8 Å². The maximum absolute atomic E-state index is 12.2. The van der Waals surface area contributed by atoms with Crippen LogP contribution in [0.25, 0.3) is 0 Å². The van der Waals surface area contributed by atoms with Gasteiger partial charge in [-0.25, -0.2) is 0 Å². The molecule has 0 spiro atoms. The molecule has 0 aromatic heterocycles. The Balaban J connectivity index is 1.53. The minimum atomic E-state index is -0.264. The standard InChI is InChI=1S/C18H23N3O3/c22-16-5-4-12-21(16)15-8-6-14(7-9-15)18(24)19-13-17(23)20-10-2-1-3-11-20/h6-9H,1-5,10-13H2,(H,19,24). The van der Waals surface area contributed by atoms with Gasteiger partial charge in [0.2, 0.25) is 11.8 Å². The molecule has 3 rings (SSSR count). The van der Waals surface area contributed by atoms with E-state index in [9.17, 15) is 14.4 Å². The quantitative estimate of drug-likeness (QED) is 0.911. The molecule has 1 aromatic carbocycles. The van der Waals surface area contributed by atoms with Crippen LogP contribution in [0.1, 0.15) is 42.5 Å². The van der Waals surface area contributed by atoms with Gasteiger partial charge in [0.15, 0.2) is 0 Å². The maximum atomic E-state index is 12.2. The van der Waals surface area contributed by atoms with Gasteiger partial charge < -0.3 is 15.1 Å². The van der Waals surface area contributed by atoms with Crippen molar-refractivity contribution in [3.8, 4) is 0 Å². The number of hydrogen-bond acceptors (Lipinski definition) is 3. The minimum absolute atomic E-state index is 0.0256. The summed E-state index contributed by atoms with van der Waals surface area (Å²) in [6.07, 6.45) is 4.70. The third kappa shape index (κ3) is 3.75. The van der Waals surface area contributed by atoms with E-state index in [1.54, 1.807) is 29.2 Å². The highest BCUT2D eigenvalue weighted by Crippen LogP contribution is 2.21. The Hall–Kier alpha value is -2.37. The molecule has 0 unspecified atom stereocenters. The molecule has 2 saturated heterocycles. The van der Waals surface area contributed by atoms with Crippen molar-refractivity contribution in [2.75, 3.05) is 31.1 Å². The summed E-state index contributed by atoms with van der Waals surface area (Å²) in [5, 5.41) is 2.68. The zero-order chi connectivity index (χ0) is 16.9. The van der Waals surface area contributed by atoms with Crippen LogP contribution in [0, 0.1) is 0 Å². The fourth-order valence-corrected chi connectivity index (χ4v) is 3.23. The molecule has 6 heteroatoms. The molecule has 2 aliphatic rings. The molecule has 2 aliphatic heterocycles. The monoisotopic (exact) mass is 329 g/mol. The van der Waals surface area contributed by atoms with E-state index in [0.717, 1.165) is 44.6 Å². The number of nitrogens with one attached hydrogen (secondary N) is 1. The Morgan fingerprint density at radius 1 is 0.958 bits per heavy atom. The number of benzene rings is 1. The molecule has 0 atom stereocenters. The second-order valence-corrected chi connectivity index (χ2v) is 6.32. The van der Waals surface area contributed by atoms with Crippen molar-refractivity contribution < 1.29 is 14.4 Å². The van der Waals surface area contributed by atoms with Crippen LogP contribution in [-0.4, -0.2) is 48.8 Å².